The maximum atomic E-state index is 12.7. The van der Waals surface area contributed by atoms with Crippen LogP contribution >= 0.6 is 0 Å². The highest BCUT2D eigenvalue weighted by Crippen LogP contribution is 2.39. The number of nitrogens with one attached hydrogen (secondary N) is 1. The standard InChI is InChI=1S/C17H22N2O4/c20-12-8-17(16(22)18-9-12)4-6-19(7-5-17)15(21)14-13-3-1-2-11(13)10-23-14/h10,12,20H,1-9H2,(H,18,22). The Labute approximate surface area is 134 Å². The van der Waals surface area contributed by atoms with Crippen LogP contribution in [-0.2, 0) is 17.6 Å². The molecule has 1 atom stereocenters. The van der Waals surface area contributed by atoms with E-state index in [1.54, 1.807) is 11.2 Å². The molecule has 0 aromatic carbocycles. The third-order valence-corrected chi connectivity index (χ3v) is 5.66. The van der Waals surface area contributed by atoms with Gasteiger partial charge in [0.25, 0.3) is 5.91 Å². The lowest BCUT2D eigenvalue weighted by molar-refractivity contribution is -0.140. The number of hydrogen-bond donors (Lipinski definition) is 2. The summed E-state index contributed by atoms with van der Waals surface area (Å²) in [6.07, 6.45) is 5.93. The van der Waals surface area contributed by atoms with Crippen LogP contribution in [0.15, 0.2) is 10.7 Å². The Kier molecular flexibility index (Phi) is 3.44. The molecule has 23 heavy (non-hydrogen) atoms. The van der Waals surface area contributed by atoms with Crippen molar-refractivity contribution in [1.29, 1.82) is 0 Å². The number of carbonyl (C=O) groups is 2. The Morgan fingerprint density at radius 1 is 1.35 bits per heavy atom. The topological polar surface area (TPSA) is 82.8 Å². The second kappa shape index (κ2) is 5.37. The Bertz CT molecular complexity index is 643. The van der Waals surface area contributed by atoms with Crippen molar-refractivity contribution < 1.29 is 19.1 Å². The molecule has 0 radical (unpaired) electrons. The Morgan fingerprint density at radius 2 is 2.13 bits per heavy atom. The van der Waals surface area contributed by atoms with Gasteiger partial charge >= 0.3 is 0 Å². The monoisotopic (exact) mass is 318 g/mol. The molecular formula is C17H22N2O4. The van der Waals surface area contributed by atoms with Gasteiger partial charge in [-0.05, 0) is 44.1 Å². The molecule has 4 rings (SSSR count). The maximum Gasteiger partial charge on any atom is 0.289 e. The molecule has 1 aliphatic carbocycles. The molecule has 1 unspecified atom stereocenters. The number of likely N-dealkylation sites (tertiary alicyclic amines) is 1. The van der Waals surface area contributed by atoms with E-state index >= 15 is 0 Å². The van der Waals surface area contributed by atoms with Crippen LogP contribution in [0.3, 0.4) is 0 Å². The molecule has 2 aliphatic heterocycles. The van der Waals surface area contributed by atoms with E-state index in [9.17, 15) is 14.7 Å². The molecule has 3 heterocycles. The molecule has 2 fully saturated rings. The normalized spacial score (nSPS) is 26.2. The Balaban J connectivity index is 1.47. The fourth-order valence-corrected chi connectivity index (χ4v) is 4.26. The van der Waals surface area contributed by atoms with Crippen molar-refractivity contribution in [2.75, 3.05) is 19.6 Å². The molecule has 2 N–H and O–H groups in total. The first kappa shape index (κ1) is 14.8. The zero-order valence-electron chi connectivity index (χ0n) is 13.1. The fraction of sp³-hybridized carbons (Fsp3) is 0.647. The summed E-state index contributed by atoms with van der Waals surface area (Å²) in [5.74, 6) is 0.454. The number of aliphatic hydroxyl groups is 1. The van der Waals surface area contributed by atoms with Crippen molar-refractivity contribution in [3.8, 4) is 0 Å². The Hall–Kier alpha value is -1.82. The van der Waals surface area contributed by atoms with E-state index in [2.05, 4.69) is 5.32 Å². The predicted molar refractivity (Wildman–Crippen MR) is 81.9 cm³/mol. The van der Waals surface area contributed by atoms with Gasteiger partial charge in [-0.25, -0.2) is 0 Å². The third-order valence-electron chi connectivity index (χ3n) is 5.66. The minimum Gasteiger partial charge on any atom is -0.459 e. The van der Waals surface area contributed by atoms with Crippen LogP contribution in [0.2, 0.25) is 0 Å². The first-order valence-electron chi connectivity index (χ1n) is 8.44. The number of carbonyl (C=O) groups excluding carboxylic acids is 2. The molecular weight excluding hydrogens is 296 g/mol. The summed E-state index contributed by atoms with van der Waals surface area (Å²) in [6, 6.07) is 0. The van der Waals surface area contributed by atoms with Gasteiger partial charge in [0.2, 0.25) is 5.91 Å². The molecule has 1 aromatic rings. The lowest BCUT2D eigenvalue weighted by Gasteiger charge is -2.44. The van der Waals surface area contributed by atoms with Crippen LogP contribution in [-0.4, -0.2) is 47.6 Å². The van der Waals surface area contributed by atoms with Crippen LogP contribution in [0.5, 0.6) is 0 Å². The second-order valence-electron chi connectivity index (χ2n) is 7.06. The highest BCUT2D eigenvalue weighted by atomic mass is 16.3. The third kappa shape index (κ3) is 2.36. The highest BCUT2D eigenvalue weighted by molar-refractivity contribution is 5.94. The molecule has 0 bridgehead atoms. The summed E-state index contributed by atoms with van der Waals surface area (Å²) in [7, 11) is 0. The van der Waals surface area contributed by atoms with Crippen molar-refractivity contribution in [3.63, 3.8) is 0 Å². The van der Waals surface area contributed by atoms with Gasteiger partial charge in [0, 0.05) is 25.2 Å². The lowest BCUT2D eigenvalue weighted by atomic mass is 9.71. The van der Waals surface area contributed by atoms with Crippen molar-refractivity contribution in [3.05, 3.63) is 23.2 Å². The number of hydrogen-bond acceptors (Lipinski definition) is 4. The van der Waals surface area contributed by atoms with E-state index in [1.165, 1.54) is 0 Å². The summed E-state index contributed by atoms with van der Waals surface area (Å²) in [4.78, 5) is 26.7. The van der Waals surface area contributed by atoms with Crippen molar-refractivity contribution in [2.45, 2.75) is 44.6 Å². The van der Waals surface area contributed by atoms with Crippen LogP contribution in [0, 0.1) is 5.41 Å². The molecule has 124 valence electrons. The molecule has 6 heteroatoms. The van der Waals surface area contributed by atoms with E-state index in [4.69, 9.17) is 4.42 Å². The average Bonchev–Trinajstić information content (AvgIpc) is 3.14. The van der Waals surface area contributed by atoms with E-state index in [0.717, 1.165) is 30.4 Å². The number of fused-ring (bicyclic) bond motifs is 1. The smallest absolute Gasteiger partial charge is 0.289 e. The zero-order chi connectivity index (χ0) is 16.0. The number of amides is 2. The quantitative estimate of drug-likeness (QED) is 0.805. The minimum atomic E-state index is -0.514. The van der Waals surface area contributed by atoms with Gasteiger partial charge < -0.3 is 19.7 Å². The summed E-state index contributed by atoms with van der Waals surface area (Å²) >= 11 is 0. The molecule has 3 aliphatic rings. The molecule has 1 aromatic heterocycles. The largest absolute Gasteiger partial charge is 0.459 e. The van der Waals surface area contributed by atoms with Crippen LogP contribution in [0.1, 0.15) is 47.4 Å². The summed E-state index contributed by atoms with van der Waals surface area (Å²) in [5, 5.41) is 12.7. The first-order valence-corrected chi connectivity index (χ1v) is 8.44. The van der Waals surface area contributed by atoms with Gasteiger partial charge in [0.15, 0.2) is 5.76 Å². The van der Waals surface area contributed by atoms with Crippen molar-refractivity contribution in [1.82, 2.24) is 10.2 Å². The molecule has 1 spiro atoms. The molecule has 0 saturated carbocycles. The zero-order valence-corrected chi connectivity index (χ0v) is 13.1. The highest BCUT2D eigenvalue weighted by Gasteiger charge is 2.46. The van der Waals surface area contributed by atoms with Crippen LogP contribution < -0.4 is 5.32 Å². The molecule has 6 nitrogen and oxygen atoms in total. The molecule has 2 saturated heterocycles. The van der Waals surface area contributed by atoms with Crippen molar-refractivity contribution >= 4 is 11.8 Å². The Morgan fingerprint density at radius 3 is 2.91 bits per heavy atom. The van der Waals surface area contributed by atoms with Crippen LogP contribution in [0.4, 0.5) is 0 Å². The minimum absolute atomic E-state index is 0.0220. The lowest BCUT2D eigenvalue weighted by Crippen LogP contribution is -2.56. The number of furan rings is 1. The van der Waals surface area contributed by atoms with E-state index in [0.29, 0.717) is 44.7 Å². The SMILES string of the molecule is O=C(c1occ2c1CCC2)N1CCC2(CC1)CC(O)CNC2=O. The van der Waals surface area contributed by atoms with E-state index < -0.39 is 11.5 Å². The van der Waals surface area contributed by atoms with Gasteiger partial charge in [0.1, 0.15) is 0 Å². The summed E-state index contributed by atoms with van der Waals surface area (Å²) < 4.78 is 5.52. The number of nitrogens with zero attached hydrogens (tertiary/aromatic N) is 1. The average molecular weight is 318 g/mol. The second-order valence-corrected chi connectivity index (χ2v) is 7.06. The van der Waals surface area contributed by atoms with Gasteiger partial charge in [0.05, 0.1) is 17.8 Å². The van der Waals surface area contributed by atoms with E-state index in [-0.39, 0.29) is 11.8 Å². The number of β-amino-alcohol motifs (C(OH)–C–C–N with tert-alkyl or cyclic N) is 1. The number of rotatable bonds is 1. The number of aryl methyl sites for hydroxylation is 1. The summed E-state index contributed by atoms with van der Waals surface area (Å²) in [5.41, 5.74) is 1.72. The van der Waals surface area contributed by atoms with Gasteiger partial charge in [-0.1, -0.05) is 0 Å². The predicted octanol–water partition coefficient (Wildman–Crippen LogP) is 0.871. The molecule has 2 amide bonds. The maximum absolute atomic E-state index is 12.7. The number of piperidine rings is 2. The van der Waals surface area contributed by atoms with E-state index in [1.807, 2.05) is 0 Å². The summed E-state index contributed by atoms with van der Waals surface area (Å²) in [6.45, 7) is 1.41. The van der Waals surface area contributed by atoms with Crippen LogP contribution in [0.25, 0.3) is 0 Å². The van der Waals surface area contributed by atoms with Gasteiger partial charge in [-0.3, -0.25) is 9.59 Å². The number of aliphatic hydroxyl groups excluding tert-OH is 1. The fourth-order valence-electron chi connectivity index (χ4n) is 4.26. The van der Waals surface area contributed by atoms with Gasteiger partial charge in [-0.15, -0.1) is 0 Å². The first-order chi connectivity index (χ1) is 11.1. The van der Waals surface area contributed by atoms with Crippen molar-refractivity contribution in [2.24, 2.45) is 5.41 Å². The van der Waals surface area contributed by atoms with Gasteiger partial charge in [-0.2, -0.15) is 0 Å².